The summed E-state index contributed by atoms with van der Waals surface area (Å²) in [6.45, 7) is 0.770. The minimum absolute atomic E-state index is 0.0431. The van der Waals surface area contributed by atoms with Crippen molar-refractivity contribution in [2.75, 3.05) is 25.6 Å². The molecule has 3 N–H and O–H groups in total. The number of nitrogens with one attached hydrogen (secondary N) is 2. The predicted molar refractivity (Wildman–Crippen MR) is 135 cm³/mol. The van der Waals surface area contributed by atoms with Gasteiger partial charge < -0.3 is 20.5 Å². The van der Waals surface area contributed by atoms with Crippen molar-refractivity contribution >= 4 is 28.1 Å². The van der Waals surface area contributed by atoms with Crippen LogP contribution in [0.25, 0.3) is 10.8 Å². The number of phenols is 1. The molecule has 1 amide bonds. The molecule has 0 aliphatic rings. The monoisotopic (exact) mass is 471 g/mol. The van der Waals surface area contributed by atoms with Gasteiger partial charge in [0.25, 0.3) is 11.6 Å². The van der Waals surface area contributed by atoms with E-state index >= 15 is 0 Å². The van der Waals surface area contributed by atoms with Gasteiger partial charge in [0, 0.05) is 30.8 Å². The average molecular weight is 472 g/mol. The number of hydrogen-bond acceptors (Lipinski definition) is 6. The molecule has 4 aromatic carbocycles. The quantitative estimate of drug-likeness (QED) is 0.179. The van der Waals surface area contributed by atoms with Gasteiger partial charge in [-0.2, -0.15) is 0 Å². The first kappa shape index (κ1) is 23.7. The number of amides is 1. The lowest BCUT2D eigenvalue weighted by Gasteiger charge is -2.23. The first-order valence-corrected chi connectivity index (χ1v) is 11.1. The lowest BCUT2D eigenvalue weighted by molar-refractivity contribution is -0.384. The van der Waals surface area contributed by atoms with Crippen LogP contribution in [0.15, 0.2) is 84.9 Å². The zero-order chi connectivity index (χ0) is 24.8. The molecule has 0 spiro atoms. The number of carbonyl (C=O) groups excluding carboxylic acids is 1. The SMILES string of the molecule is COCCNc1ccc(C(=O)NC(c2ccccc2)c2c(O)ccc3ccccc23)cc1[N+](=O)[O-]. The normalized spacial score (nSPS) is 11.7. The molecular weight excluding hydrogens is 446 g/mol. The Labute approximate surface area is 202 Å². The van der Waals surface area contributed by atoms with Crippen molar-refractivity contribution in [3.8, 4) is 5.75 Å². The molecule has 0 radical (unpaired) electrons. The lowest BCUT2D eigenvalue weighted by Crippen LogP contribution is -2.29. The number of anilines is 1. The summed E-state index contributed by atoms with van der Waals surface area (Å²) < 4.78 is 4.98. The number of aromatic hydroxyl groups is 1. The van der Waals surface area contributed by atoms with Crippen LogP contribution in [0.1, 0.15) is 27.5 Å². The number of rotatable bonds is 9. The highest BCUT2D eigenvalue weighted by molar-refractivity contribution is 5.97. The Morgan fingerprint density at radius 2 is 1.77 bits per heavy atom. The van der Waals surface area contributed by atoms with E-state index in [4.69, 9.17) is 4.74 Å². The van der Waals surface area contributed by atoms with Gasteiger partial charge in [-0.05, 0) is 34.5 Å². The minimum Gasteiger partial charge on any atom is -0.508 e. The van der Waals surface area contributed by atoms with Crippen molar-refractivity contribution in [3.63, 3.8) is 0 Å². The first-order chi connectivity index (χ1) is 17.0. The van der Waals surface area contributed by atoms with Gasteiger partial charge in [0.2, 0.25) is 0 Å². The molecule has 8 heteroatoms. The summed E-state index contributed by atoms with van der Waals surface area (Å²) in [6, 6.07) is 23.9. The number of hydrogen-bond donors (Lipinski definition) is 3. The van der Waals surface area contributed by atoms with Crippen LogP contribution in [0.5, 0.6) is 5.75 Å². The van der Waals surface area contributed by atoms with Crippen LogP contribution in [0.2, 0.25) is 0 Å². The van der Waals surface area contributed by atoms with Gasteiger partial charge in [-0.25, -0.2) is 0 Å². The van der Waals surface area contributed by atoms with E-state index in [1.807, 2.05) is 60.7 Å². The van der Waals surface area contributed by atoms with E-state index in [2.05, 4.69) is 10.6 Å². The Kier molecular flexibility index (Phi) is 7.23. The van der Waals surface area contributed by atoms with Crippen LogP contribution < -0.4 is 10.6 Å². The van der Waals surface area contributed by atoms with Gasteiger partial charge in [-0.3, -0.25) is 14.9 Å². The third-order valence-corrected chi connectivity index (χ3v) is 5.72. The molecule has 0 saturated carbocycles. The molecule has 1 unspecified atom stereocenters. The summed E-state index contributed by atoms with van der Waals surface area (Å²) in [5.41, 5.74) is 1.54. The van der Waals surface area contributed by atoms with Crippen LogP contribution in [0, 0.1) is 10.1 Å². The van der Waals surface area contributed by atoms with E-state index in [0.29, 0.717) is 24.4 Å². The molecule has 35 heavy (non-hydrogen) atoms. The largest absolute Gasteiger partial charge is 0.508 e. The third kappa shape index (κ3) is 5.23. The summed E-state index contributed by atoms with van der Waals surface area (Å²) in [7, 11) is 1.54. The highest BCUT2D eigenvalue weighted by Crippen LogP contribution is 2.36. The zero-order valence-electron chi connectivity index (χ0n) is 19.1. The average Bonchev–Trinajstić information content (AvgIpc) is 2.88. The Balaban J connectivity index is 1.73. The Morgan fingerprint density at radius 1 is 1.03 bits per heavy atom. The summed E-state index contributed by atoms with van der Waals surface area (Å²) in [5.74, 6) is -0.459. The second-order valence-electron chi connectivity index (χ2n) is 7.95. The topological polar surface area (TPSA) is 114 Å². The van der Waals surface area contributed by atoms with Crippen LogP contribution in [0.3, 0.4) is 0 Å². The maximum Gasteiger partial charge on any atom is 0.293 e. The molecule has 0 bridgehead atoms. The van der Waals surface area contributed by atoms with Crippen molar-refractivity contribution in [1.82, 2.24) is 5.32 Å². The molecule has 0 saturated heterocycles. The van der Waals surface area contributed by atoms with Crippen LogP contribution in [0.4, 0.5) is 11.4 Å². The molecular formula is C27H25N3O5. The number of nitro benzene ring substituents is 1. The van der Waals surface area contributed by atoms with Crippen molar-refractivity contribution in [2.45, 2.75) is 6.04 Å². The minimum atomic E-state index is -0.687. The molecule has 1 atom stereocenters. The second kappa shape index (κ2) is 10.7. The van der Waals surface area contributed by atoms with Gasteiger partial charge in [-0.1, -0.05) is 60.7 Å². The van der Waals surface area contributed by atoms with Gasteiger partial charge in [-0.15, -0.1) is 0 Å². The van der Waals surface area contributed by atoms with Crippen LogP contribution in [-0.4, -0.2) is 36.2 Å². The second-order valence-corrected chi connectivity index (χ2v) is 7.95. The number of ether oxygens (including phenoxy) is 1. The maximum atomic E-state index is 13.3. The summed E-state index contributed by atoms with van der Waals surface area (Å²) in [6.07, 6.45) is 0. The van der Waals surface area contributed by atoms with E-state index < -0.39 is 16.9 Å². The number of methoxy groups -OCH3 is 1. The molecule has 178 valence electrons. The number of benzene rings is 4. The van der Waals surface area contributed by atoms with E-state index in [9.17, 15) is 20.0 Å². The number of nitro groups is 1. The maximum absolute atomic E-state index is 13.3. The fourth-order valence-electron chi connectivity index (χ4n) is 4.03. The molecule has 0 aliphatic carbocycles. The molecule has 4 aromatic rings. The highest BCUT2D eigenvalue weighted by Gasteiger charge is 2.24. The Hall–Kier alpha value is -4.43. The molecule has 0 aromatic heterocycles. The summed E-state index contributed by atoms with van der Waals surface area (Å²) in [4.78, 5) is 24.5. The Morgan fingerprint density at radius 3 is 2.51 bits per heavy atom. The third-order valence-electron chi connectivity index (χ3n) is 5.72. The molecule has 0 fully saturated rings. The Bertz CT molecular complexity index is 1360. The molecule has 0 aliphatic heterocycles. The molecule has 0 heterocycles. The number of fused-ring (bicyclic) bond motifs is 1. The van der Waals surface area contributed by atoms with Gasteiger partial charge in [0.05, 0.1) is 17.6 Å². The number of carbonyl (C=O) groups is 1. The fourth-order valence-corrected chi connectivity index (χ4v) is 4.03. The van der Waals surface area contributed by atoms with Crippen molar-refractivity contribution in [2.24, 2.45) is 0 Å². The van der Waals surface area contributed by atoms with Gasteiger partial charge in [0.15, 0.2) is 0 Å². The van der Waals surface area contributed by atoms with Crippen molar-refractivity contribution < 1.29 is 19.6 Å². The van der Waals surface area contributed by atoms with E-state index in [1.165, 1.54) is 18.2 Å². The van der Waals surface area contributed by atoms with Crippen molar-refractivity contribution in [3.05, 3.63) is 112 Å². The van der Waals surface area contributed by atoms with Gasteiger partial charge in [0.1, 0.15) is 11.4 Å². The number of phenolic OH excluding ortho intramolecular Hbond substituents is 1. The van der Waals surface area contributed by atoms with E-state index in [1.54, 1.807) is 13.2 Å². The van der Waals surface area contributed by atoms with Crippen molar-refractivity contribution in [1.29, 1.82) is 0 Å². The number of nitrogens with zero attached hydrogens (tertiary/aromatic N) is 1. The first-order valence-electron chi connectivity index (χ1n) is 11.1. The lowest BCUT2D eigenvalue weighted by atomic mass is 9.92. The molecule has 4 rings (SSSR count). The highest BCUT2D eigenvalue weighted by atomic mass is 16.6. The summed E-state index contributed by atoms with van der Waals surface area (Å²) >= 11 is 0. The standard InChI is InChI=1S/C27H25N3O5/c1-35-16-15-28-22-13-11-20(17-23(22)30(33)34)27(32)29-26(19-8-3-2-4-9-19)25-21-10-6-5-7-18(21)12-14-24(25)31/h2-14,17,26,28,31H,15-16H2,1H3,(H,29,32). The fraction of sp³-hybridized carbons (Fsp3) is 0.148. The van der Waals surface area contributed by atoms with E-state index in [-0.39, 0.29) is 17.0 Å². The van der Waals surface area contributed by atoms with E-state index in [0.717, 1.165) is 16.3 Å². The molecule has 8 nitrogen and oxygen atoms in total. The van der Waals surface area contributed by atoms with Crippen LogP contribution in [-0.2, 0) is 4.74 Å². The predicted octanol–water partition coefficient (Wildman–Crippen LogP) is 5.03. The van der Waals surface area contributed by atoms with Gasteiger partial charge >= 0.3 is 0 Å². The van der Waals surface area contributed by atoms with Crippen LogP contribution >= 0.6 is 0 Å². The smallest absolute Gasteiger partial charge is 0.293 e. The zero-order valence-corrected chi connectivity index (χ0v) is 19.1. The summed E-state index contributed by atoms with van der Waals surface area (Å²) in [5, 5.41) is 30.1.